The van der Waals surface area contributed by atoms with Gasteiger partial charge in [0.25, 0.3) is 0 Å². The molecule has 4 heteroatoms. The van der Waals surface area contributed by atoms with Crippen LogP contribution in [-0.4, -0.2) is 18.6 Å². The van der Waals surface area contributed by atoms with Crippen LogP contribution in [0, 0.1) is 0 Å². The van der Waals surface area contributed by atoms with Crippen LogP contribution < -0.4 is 0 Å². The normalized spacial score (nSPS) is 12.8. The average molecular weight is 263 g/mol. The average Bonchev–Trinajstić information content (AvgIpc) is 2.32. The molecule has 0 heterocycles. The predicted molar refractivity (Wildman–Crippen MR) is 66.9 cm³/mol. The van der Waals surface area contributed by atoms with Gasteiger partial charge in [-0.3, -0.25) is 0 Å². The number of hydrogen-bond donors (Lipinski definition) is 0. The molecule has 0 saturated heterocycles. The summed E-state index contributed by atoms with van der Waals surface area (Å²) in [6.45, 7) is 1.88. The highest BCUT2D eigenvalue weighted by molar-refractivity contribution is 6.49. The third-order valence-electron chi connectivity index (χ3n) is 2.65. The Morgan fingerprint density at radius 2 is 1.56 bits per heavy atom. The van der Waals surface area contributed by atoms with Crippen molar-refractivity contribution in [1.82, 2.24) is 0 Å². The minimum atomic E-state index is -1.15. The van der Waals surface area contributed by atoms with E-state index in [4.69, 9.17) is 32.7 Å². The van der Waals surface area contributed by atoms with E-state index >= 15 is 0 Å². The van der Waals surface area contributed by atoms with Crippen LogP contribution in [0.4, 0.5) is 0 Å². The van der Waals surface area contributed by atoms with Crippen LogP contribution in [0.3, 0.4) is 0 Å². The van der Waals surface area contributed by atoms with Gasteiger partial charge in [-0.15, -0.1) is 0 Å². The summed E-state index contributed by atoms with van der Waals surface area (Å²) in [7, 11) is 3.07. The van der Waals surface area contributed by atoms with Gasteiger partial charge in [-0.25, -0.2) is 0 Å². The summed E-state index contributed by atoms with van der Waals surface area (Å²) in [4.78, 5) is 0. The molecule has 0 spiro atoms. The maximum atomic E-state index is 6.29. The zero-order valence-corrected chi connectivity index (χ0v) is 11.2. The first-order chi connectivity index (χ1) is 7.54. The van der Waals surface area contributed by atoms with Gasteiger partial charge in [-0.05, 0) is 6.42 Å². The Kier molecular flexibility index (Phi) is 4.62. The number of halogens is 2. The van der Waals surface area contributed by atoms with E-state index in [0.29, 0.717) is 6.42 Å². The van der Waals surface area contributed by atoms with Crippen LogP contribution in [-0.2, 0) is 15.3 Å². The van der Waals surface area contributed by atoms with Crippen molar-refractivity contribution in [2.45, 2.75) is 23.5 Å². The molecule has 0 aliphatic rings. The smallest absolute Gasteiger partial charge is 0.228 e. The standard InChI is InChI=1S/C12H16Cl2O2/c1-4-11(13,14)12(15-2,16-3)10-8-6-5-7-9-10/h5-9H,4H2,1-3H3. The fourth-order valence-electron chi connectivity index (χ4n) is 1.72. The summed E-state index contributed by atoms with van der Waals surface area (Å²) < 4.78 is 9.74. The molecular formula is C12H16Cl2O2. The van der Waals surface area contributed by atoms with Crippen LogP contribution >= 0.6 is 23.2 Å². The van der Waals surface area contributed by atoms with E-state index in [0.717, 1.165) is 5.56 Å². The van der Waals surface area contributed by atoms with Crippen LogP contribution in [0.25, 0.3) is 0 Å². The van der Waals surface area contributed by atoms with Crippen LogP contribution in [0.5, 0.6) is 0 Å². The molecule has 0 radical (unpaired) electrons. The highest BCUT2D eigenvalue weighted by Gasteiger charge is 2.51. The van der Waals surface area contributed by atoms with Gasteiger partial charge < -0.3 is 9.47 Å². The Hall–Kier alpha value is -0.280. The second kappa shape index (κ2) is 5.37. The van der Waals surface area contributed by atoms with Gasteiger partial charge >= 0.3 is 0 Å². The van der Waals surface area contributed by atoms with Crippen molar-refractivity contribution in [1.29, 1.82) is 0 Å². The SMILES string of the molecule is CCC(Cl)(Cl)C(OC)(OC)c1ccccc1. The molecule has 0 atom stereocenters. The molecule has 1 aromatic carbocycles. The number of rotatable bonds is 5. The number of hydrogen-bond acceptors (Lipinski definition) is 2. The minimum absolute atomic E-state index is 0.507. The maximum Gasteiger partial charge on any atom is 0.228 e. The zero-order chi connectivity index (χ0) is 12.2. The van der Waals surface area contributed by atoms with Gasteiger partial charge in [0.15, 0.2) is 4.33 Å². The summed E-state index contributed by atoms with van der Waals surface area (Å²) >= 11 is 12.6. The van der Waals surface area contributed by atoms with Gasteiger partial charge in [0, 0.05) is 19.8 Å². The van der Waals surface area contributed by atoms with Gasteiger partial charge in [-0.2, -0.15) is 0 Å². The third kappa shape index (κ3) is 2.21. The van der Waals surface area contributed by atoms with Crippen LogP contribution in [0.15, 0.2) is 30.3 Å². The van der Waals surface area contributed by atoms with Crippen molar-refractivity contribution in [3.63, 3.8) is 0 Å². The van der Waals surface area contributed by atoms with Crippen LogP contribution in [0.1, 0.15) is 18.9 Å². The van der Waals surface area contributed by atoms with Gasteiger partial charge in [0.1, 0.15) is 0 Å². The number of methoxy groups -OCH3 is 2. The van der Waals surface area contributed by atoms with Crippen LogP contribution in [0.2, 0.25) is 0 Å². The molecule has 90 valence electrons. The summed E-state index contributed by atoms with van der Waals surface area (Å²) in [6.07, 6.45) is 0.507. The summed E-state index contributed by atoms with van der Waals surface area (Å²) in [5, 5.41) is 0. The van der Waals surface area contributed by atoms with E-state index in [1.807, 2.05) is 37.3 Å². The van der Waals surface area contributed by atoms with Gasteiger partial charge in [0.05, 0.1) is 0 Å². The molecule has 1 aromatic rings. The van der Waals surface area contributed by atoms with Crippen molar-refractivity contribution in [2.24, 2.45) is 0 Å². The molecule has 0 aromatic heterocycles. The maximum absolute atomic E-state index is 6.29. The first kappa shape index (κ1) is 13.8. The third-order valence-corrected chi connectivity index (χ3v) is 3.69. The Labute approximate surface area is 106 Å². The number of alkyl halides is 2. The Bertz CT molecular complexity index is 321. The number of benzene rings is 1. The summed E-state index contributed by atoms with van der Waals surface area (Å²) in [6, 6.07) is 9.45. The molecule has 2 nitrogen and oxygen atoms in total. The Balaban J connectivity index is 3.27. The second-order valence-corrected chi connectivity index (χ2v) is 4.93. The lowest BCUT2D eigenvalue weighted by molar-refractivity contribution is -0.225. The van der Waals surface area contributed by atoms with Crippen molar-refractivity contribution < 1.29 is 9.47 Å². The lowest BCUT2D eigenvalue weighted by atomic mass is 9.99. The molecule has 0 saturated carbocycles. The molecular weight excluding hydrogens is 247 g/mol. The van der Waals surface area contributed by atoms with Crippen molar-refractivity contribution >= 4 is 23.2 Å². The molecule has 0 bridgehead atoms. The molecule has 0 fully saturated rings. The van der Waals surface area contributed by atoms with Gasteiger partial charge in [-0.1, -0.05) is 60.5 Å². The molecule has 0 aliphatic carbocycles. The molecule has 0 amide bonds. The largest absolute Gasteiger partial charge is 0.347 e. The second-order valence-electron chi connectivity index (χ2n) is 3.45. The molecule has 0 unspecified atom stereocenters. The monoisotopic (exact) mass is 262 g/mol. The van der Waals surface area contributed by atoms with E-state index in [1.54, 1.807) is 0 Å². The molecule has 0 N–H and O–H groups in total. The predicted octanol–water partition coefficient (Wildman–Crippen LogP) is 3.72. The van der Waals surface area contributed by atoms with E-state index in [-0.39, 0.29) is 0 Å². The topological polar surface area (TPSA) is 18.5 Å². The Morgan fingerprint density at radius 3 is 1.94 bits per heavy atom. The highest BCUT2D eigenvalue weighted by atomic mass is 35.5. The lowest BCUT2D eigenvalue weighted by Crippen LogP contribution is -2.46. The summed E-state index contributed by atoms with van der Waals surface area (Å²) in [5.74, 6) is -1.15. The zero-order valence-electron chi connectivity index (χ0n) is 9.67. The summed E-state index contributed by atoms with van der Waals surface area (Å²) in [5.41, 5.74) is 0.798. The van der Waals surface area contributed by atoms with E-state index in [9.17, 15) is 0 Å². The minimum Gasteiger partial charge on any atom is -0.347 e. The van der Waals surface area contributed by atoms with Crippen molar-refractivity contribution in [2.75, 3.05) is 14.2 Å². The molecule has 16 heavy (non-hydrogen) atoms. The van der Waals surface area contributed by atoms with E-state index in [2.05, 4.69) is 0 Å². The van der Waals surface area contributed by atoms with Crippen molar-refractivity contribution in [3.05, 3.63) is 35.9 Å². The van der Waals surface area contributed by atoms with E-state index in [1.165, 1.54) is 14.2 Å². The Morgan fingerprint density at radius 1 is 1.06 bits per heavy atom. The molecule has 1 rings (SSSR count). The molecule has 0 aliphatic heterocycles. The van der Waals surface area contributed by atoms with Crippen molar-refractivity contribution in [3.8, 4) is 0 Å². The van der Waals surface area contributed by atoms with Gasteiger partial charge in [0.2, 0.25) is 5.79 Å². The lowest BCUT2D eigenvalue weighted by Gasteiger charge is -2.40. The first-order valence-electron chi connectivity index (χ1n) is 5.07. The van der Waals surface area contributed by atoms with E-state index < -0.39 is 10.1 Å². The fourth-order valence-corrected chi connectivity index (χ4v) is 2.25. The highest BCUT2D eigenvalue weighted by Crippen LogP contribution is 2.46. The first-order valence-corrected chi connectivity index (χ1v) is 5.83. The number of ether oxygens (including phenoxy) is 2. The quantitative estimate of drug-likeness (QED) is 0.595. The fraction of sp³-hybridized carbons (Fsp3) is 0.500.